The number of rotatable bonds is 0. The van der Waals surface area contributed by atoms with Crippen LogP contribution < -0.4 is 0 Å². The van der Waals surface area contributed by atoms with E-state index in [2.05, 4.69) is 15.9 Å². The van der Waals surface area contributed by atoms with Crippen molar-refractivity contribution in [1.29, 1.82) is 0 Å². The van der Waals surface area contributed by atoms with E-state index in [0.717, 1.165) is 0 Å². The molecule has 0 bridgehead atoms. The van der Waals surface area contributed by atoms with Crippen LogP contribution in [0.3, 0.4) is 0 Å². The van der Waals surface area contributed by atoms with Crippen molar-refractivity contribution in [1.82, 2.24) is 0 Å². The van der Waals surface area contributed by atoms with E-state index in [1.165, 1.54) is 6.07 Å². The summed E-state index contributed by atoms with van der Waals surface area (Å²) in [6.45, 7) is 0. The van der Waals surface area contributed by atoms with Gasteiger partial charge in [0.15, 0.2) is 0 Å². The third kappa shape index (κ3) is 2.64. The molecule has 0 spiro atoms. The largest absolute Gasteiger partial charge is 0.316 e. The lowest BCUT2D eigenvalue weighted by molar-refractivity contribution is 0.621. The minimum atomic E-state index is -0.215. The van der Waals surface area contributed by atoms with Gasteiger partial charge < -0.3 is 0 Å². The maximum absolute atomic E-state index is 12.3. The van der Waals surface area contributed by atoms with Gasteiger partial charge in [-0.2, -0.15) is 0 Å². The molecule has 1 rings (SSSR count). The van der Waals surface area contributed by atoms with Crippen molar-refractivity contribution < 1.29 is 4.39 Å². The monoisotopic (exact) mass is 200 g/mol. The summed E-state index contributed by atoms with van der Waals surface area (Å²) < 4.78 is 12.8. The van der Waals surface area contributed by atoms with E-state index in [-0.39, 0.29) is 28.9 Å². The van der Waals surface area contributed by atoms with Crippen LogP contribution in [0.4, 0.5) is 4.39 Å². The maximum atomic E-state index is 12.3. The third-order valence-electron chi connectivity index (χ3n) is 0.824. The Morgan fingerprint density at radius 3 is 2.11 bits per heavy atom. The normalized spacial score (nSPS) is 8.22. The number of benzene rings is 1. The molecule has 0 radical (unpaired) electrons. The smallest absolute Gasteiger partial charge is 0.206 e. The van der Waals surface area contributed by atoms with Crippen LogP contribution in [0.2, 0.25) is 0 Å². The molecule has 46 valence electrons. The van der Waals surface area contributed by atoms with Gasteiger partial charge in [-0.1, -0.05) is 12.1 Å². The Morgan fingerprint density at radius 2 is 1.78 bits per heavy atom. The summed E-state index contributed by atoms with van der Waals surface area (Å²) in [7, 11) is 0. The van der Waals surface area contributed by atoms with Crippen LogP contribution in [0.5, 0.6) is 0 Å². The number of hydrogen-bond acceptors (Lipinski definition) is 0. The van der Waals surface area contributed by atoms with Crippen molar-refractivity contribution in [2.24, 2.45) is 0 Å². The molecule has 0 fully saturated rings. The molecule has 3 heteroatoms. The molecule has 1 aromatic carbocycles. The Bertz CT molecular complexity index is 169. The van der Waals surface area contributed by atoms with Gasteiger partial charge in [-0.3, -0.25) is 0 Å². The van der Waals surface area contributed by atoms with E-state index in [0.29, 0.717) is 4.47 Å². The zero-order valence-corrected chi connectivity index (χ0v) is 5.65. The quantitative estimate of drug-likeness (QED) is 0.560. The van der Waals surface area contributed by atoms with Crippen LogP contribution in [0.25, 0.3) is 0 Å². The molecule has 0 nitrogen and oxygen atoms in total. The zero-order chi connectivity index (χ0) is 5.98. The molecular formula is C6H6BrFMg. The van der Waals surface area contributed by atoms with E-state index in [1.807, 2.05) is 0 Å². The van der Waals surface area contributed by atoms with Crippen LogP contribution in [0.1, 0.15) is 0 Å². The standard InChI is InChI=1S/C6H4BrF.Mg.2H/c7-5-3-1-2-4-6(5)8;;;/h1-4H;;;. The Morgan fingerprint density at radius 1 is 1.22 bits per heavy atom. The summed E-state index contributed by atoms with van der Waals surface area (Å²) in [4.78, 5) is 0. The minimum absolute atomic E-state index is 0. The van der Waals surface area contributed by atoms with Crippen LogP contribution >= 0.6 is 15.9 Å². The lowest BCUT2D eigenvalue weighted by Gasteiger charge is -1.87. The summed E-state index contributed by atoms with van der Waals surface area (Å²) in [5, 5.41) is 0. The second kappa shape index (κ2) is 4.25. The number of hydrogen-bond donors (Lipinski definition) is 0. The van der Waals surface area contributed by atoms with E-state index in [1.54, 1.807) is 18.2 Å². The van der Waals surface area contributed by atoms with Gasteiger partial charge >= 0.3 is 23.1 Å². The van der Waals surface area contributed by atoms with Crippen molar-refractivity contribution >= 4 is 39.0 Å². The number of halogens is 2. The molecule has 0 amide bonds. The highest BCUT2D eigenvalue weighted by Crippen LogP contribution is 2.12. The van der Waals surface area contributed by atoms with Gasteiger partial charge in [0.1, 0.15) is 5.82 Å². The summed E-state index contributed by atoms with van der Waals surface area (Å²) >= 11 is 3.02. The van der Waals surface area contributed by atoms with Crippen LogP contribution in [0.15, 0.2) is 28.7 Å². The van der Waals surface area contributed by atoms with Crippen LogP contribution in [-0.2, 0) is 0 Å². The Labute approximate surface area is 77.7 Å². The van der Waals surface area contributed by atoms with Crippen molar-refractivity contribution in [2.45, 2.75) is 0 Å². The Balaban J connectivity index is 0.000000640. The lowest BCUT2D eigenvalue weighted by atomic mass is 10.4. The SMILES string of the molecule is Fc1ccccc1Br.[MgH2]. The molecule has 0 aliphatic rings. The Kier molecular flexibility index (Phi) is 4.44. The second-order valence-electron chi connectivity index (χ2n) is 1.41. The molecular weight excluding hydrogens is 195 g/mol. The van der Waals surface area contributed by atoms with Gasteiger partial charge in [0, 0.05) is 0 Å². The summed E-state index contributed by atoms with van der Waals surface area (Å²) in [6, 6.07) is 6.49. The van der Waals surface area contributed by atoms with Gasteiger partial charge in [-0.25, -0.2) is 4.39 Å². The average Bonchev–Trinajstić information content (AvgIpc) is 1.77. The maximum Gasteiger partial charge on any atom is 0.316 e. The predicted octanol–water partition coefficient (Wildman–Crippen LogP) is 1.67. The Hall–Kier alpha value is 0.396. The van der Waals surface area contributed by atoms with E-state index < -0.39 is 0 Å². The van der Waals surface area contributed by atoms with Crippen molar-refractivity contribution in [3.63, 3.8) is 0 Å². The minimum Gasteiger partial charge on any atom is -0.206 e. The van der Waals surface area contributed by atoms with Gasteiger partial charge in [0.2, 0.25) is 0 Å². The van der Waals surface area contributed by atoms with Gasteiger partial charge in [-0.05, 0) is 28.1 Å². The molecule has 0 saturated heterocycles. The molecule has 0 aliphatic carbocycles. The molecule has 0 saturated carbocycles. The molecule has 9 heavy (non-hydrogen) atoms. The molecule has 0 unspecified atom stereocenters. The molecule has 0 N–H and O–H groups in total. The molecule has 0 heterocycles. The van der Waals surface area contributed by atoms with Gasteiger partial charge in [0.25, 0.3) is 0 Å². The van der Waals surface area contributed by atoms with Crippen LogP contribution in [0, 0.1) is 5.82 Å². The first kappa shape index (κ1) is 9.40. The molecule has 0 aromatic heterocycles. The highest BCUT2D eigenvalue weighted by molar-refractivity contribution is 9.10. The van der Waals surface area contributed by atoms with Crippen molar-refractivity contribution in [3.05, 3.63) is 34.6 Å². The highest BCUT2D eigenvalue weighted by atomic mass is 79.9. The van der Waals surface area contributed by atoms with Crippen LogP contribution in [-0.4, -0.2) is 23.1 Å². The fraction of sp³-hybridized carbons (Fsp3) is 0. The van der Waals surface area contributed by atoms with E-state index >= 15 is 0 Å². The first-order chi connectivity index (χ1) is 3.80. The van der Waals surface area contributed by atoms with Crippen molar-refractivity contribution in [2.75, 3.05) is 0 Å². The first-order valence-corrected chi connectivity index (χ1v) is 3.00. The van der Waals surface area contributed by atoms with Crippen molar-refractivity contribution in [3.8, 4) is 0 Å². The lowest BCUT2D eigenvalue weighted by Crippen LogP contribution is -1.70. The first-order valence-electron chi connectivity index (χ1n) is 2.21. The summed E-state index contributed by atoms with van der Waals surface area (Å²) in [5.74, 6) is -0.215. The predicted molar refractivity (Wildman–Crippen MR) is 42.6 cm³/mol. The molecule has 0 atom stereocenters. The van der Waals surface area contributed by atoms with Gasteiger partial charge in [-0.15, -0.1) is 0 Å². The van der Waals surface area contributed by atoms with Gasteiger partial charge in [0.05, 0.1) is 4.47 Å². The molecule has 0 aliphatic heterocycles. The zero-order valence-electron chi connectivity index (χ0n) is 4.07. The van der Waals surface area contributed by atoms with E-state index in [9.17, 15) is 4.39 Å². The fourth-order valence-electron chi connectivity index (χ4n) is 0.439. The second-order valence-corrected chi connectivity index (χ2v) is 2.27. The third-order valence-corrected chi connectivity index (χ3v) is 1.47. The molecule has 1 aromatic rings. The highest BCUT2D eigenvalue weighted by Gasteiger charge is 1.90. The van der Waals surface area contributed by atoms with E-state index in [4.69, 9.17) is 0 Å². The average molecular weight is 201 g/mol. The topological polar surface area (TPSA) is 0 Å². The fourth-order valence-corrected chi connectivity index (χ4v) is 0.724. The summed E-state index contributed by atoms with van der Waals surface area (Å²) in [6.07, 6.45) is 0. The summed E-state index contributed by atoms with van der Waals surface area (Å²) in [5.41, 5.74) is 0.